The maximum absolute atomic E-state index is 12.2. The van der Waals surface area contributed by atoms with Crippen molar-refractivity contribution >= 4 is 16.7 Å². The van der Waals surface area contributed by atoms with E-state index in [4.69, 9.17) is 4.74 Å². The first kappa shape index (κ1) is 16.5. The maximum atomic E-state index is 12.2. The summed E-state index contributed by atoms with van der Waals surface area (Å²) in [5.74, 6) is 0.785. The lowest BCUT2D eigenvalue weighted by molar-refractivity contribution is -0.389. The van der Waals surface area contributed by atoms with Crippen molar-refractivity contribution < 1.29 is 9.66 Å². The summed E-state index contributed by atoms with van der Waals surface area (Å²) < 4.78 is 6.88. The van der Waals surface area contributed by atoms with Crippen LogP contribution in [-0.2, 0) is 6.73 Å². The van der Waals surface area contributed by atoms with Gasteiger partial charge in [-0.2, -0.15) is 0 Å². The van der Waals surface area contributed by atoms with E-state index in [2.05, 4.69) is 15.1 Å². The number of hydrogen-bond acceptors (Lipinski definition) is 6. The van der Waals surface area contributed by atoms with Gasteiger partial charge in [0.1, 0.15) is 11.6 Å². The van der Waals surface area contributed by atoms with Crippen LogP contribution in [0.25, 0.3) is 22.3 Å². The smallest absolute Gasteiger partial charge is 0.390 e. The highest BCUT2D eigenvalue weighted by molar-refractivity contribution is 5.79. The lowest BCUT2D eigenvalue weighted by Crippen LogP contribution is -2.09. The van der Waals surface area contributed by atoms with Crippen LogP contribution in [0.15, 0.2) is 65.6 Å². The number of para-hydroxylation sites is 1. The van der Waals surface area contributed by atoms with E-state index < -0.39 is 4.92 Å². The second kappa shape index (κ2) is 6.71. The minimum atomic E-state index is -0.567. The third kappa shape index (κ3) is 3.38. The molecule has 0 unspecified atom stereocenters. The largest absolute Gasteiger partial charge is 0.469 e. The molecule has 9 heteroatoms. The molecule has 2 heterocycles. The number of H-pyrrole nitrogens is 1. The quantitative estimate of drug-likeness (QED) is 0.430. The molecule has 0 radical (unpaired) electrons. The number of benzene rings is 2. The molecule has 0 bridgehead atoms. The van der Waals surface area contributed by atoms with Gasteiger partial charge in [-0.15, -0.1) is 4.68 Å². The van der Waals surface area contributed by atoms with Crippen molar-refractivity contribution in [2.45, 2.75) is 6.73 Å². The van der Waals surface area contributed by atoms with Gasteiger partial charge in [0.15, 0.2) is 0 Å². The summed E-state index contributed by atoms with van der Waals surface area (Å²) in [5.41, 5.74) is 1.16. The van der Waals surface area contributed by atoms with Gasteiger partial charge in [0.05, 0.1) is 28.3 Å². The van der Waals surface area contributed by atoms with Crippen molar-refractivity contribution in [1.82, 2.24) is 19.7 Å². The molecule has 0 atom stereocenters. The number of nitrogens with one attached hydrogen (secondary N) is 1. The van der Waals surface area contributed by atoms with E-state index in [-0.39, 0.29) is 18.1 Å². The van der Waals surface area contributed by atoms with Gasteiger partial charge in [0.2, 0.25) is 6.73 Å². The van der Waals surface area contributed by atoms with E-state index >= 15 is 0 Å². The molecule has 0 saturated heterocycles. The molecule has 0 aliphatic carbocycles. The van der Waals surface area contributed by atoms with E-state index in [1.54, 1.807) is 42.5 Å². The number of nitrogens with zero attached hydrogens (tertiary/aromatic N) is 4. The number of hydrogen-bond donors (Lipinski definition) is 1. The van der Waals surface area contributed by atoms with Gasteiger partial charge in [-0.05, 0) is 41.3 Å². The molecule has 0 fully saturated rings. The van der Waals surface area contributed by atoms with Gasteiger partial charge in [-0.25, -0.2) is 4.98 Å². The molecule has 4 aromatic rings. The number of ether oxygens (including phenoxy) is 1. The number of nitro groups is 1. The Morgan fingerprint density at radius 1 is 1.11 bits per heavy atom. The molecule has 4 rings (SSSR count). The second-order valence-electron chi connectivity index (χ2n) is 5.70. The number of fused-ring (bicyclic) bond motifs is 1. The molecule has 0 aliphatic heterocycles. The van der Waals surface area contributed by atoms with Gasteiger partial charge in [-0.3, -0.25) is 4.79 Å². The molecular weight excluding hydrogens is 350 g/mol. The van der Waals surface area contributed by atoms with Crippen LogP contribution in [0.5, 0.6) is 5.75 Å². The van der Waals surface area contributed by atoms with Crippen LogP contribution in [0.4, 0.5) is 5.82 Å². The lowest BCUT2D eigenvalue weighted by atomic mass is 10.2. The Labute approximate surface area is 152 Å². The molecular formula is C18H13N5O4. The highest BCUT2D eigenvalue weighted by Gasteiger charge is 2.11. The zero-order valence-corrected chi connectivity index (χ0v) is 13.9. The molecule has 0 spiro atoms. The Bertz CT molecular complexity index is 1180. The van der Waals surface area contributed by atoms with Crippen LogP contribution in [-0.4, -0.2) is 24.7 Å². The van der Waals surface area contributed by atoms with Gasteiger partial charge in [0.25, 0.3) is 5.56 Å². The van der Waals surface area contributed by atoms with E-state index in [9.17, 15) is 14.9 Å². The summed E-state index contributed by atoms with van der Waals surface area (Å²) in [4.78, 5) is 29.5. The maximum Gasteiger partial charge on any atom is 0.390 e. The summed E-state index contributed by atoms with van der Waals surface area (Å²) in [6, 6.07) is 15.4. The van der Waals surface area contributed by atoms with Gasteiger partial charge < -0.3 is 19.8 Å². The molecule has 27 heavy (non-hydrogen) atoms. The number of rotatable bonds is 5. The third-order valence-electron chi connectivity index (χ3n) is 3.92. The van der Waals surface area contributed by atoms with Crippen LogP contribution in [0.2, 0.25) is 0 Å². The van der Waals surface area contributed by atoms with Gasteiger partial charge >= 0.3 is 5.82 Å². The fourth-order valence-corrected chi connectivity index (χ4v) is 2.59. The highest BCUT2D eigenvalue weighted by atomic mass is 16.6. The van der Waals surface area contributed by atoms with Crippen molar-refractivity contribution in [1.29, 1.82) is 0 Å². The lowest BCUT2D eigenvalue weighted by Gasteiger charge is -2.06. The Morgan fingerprint density at radius 3 is 2.63 bits per heavy atom. The van der Waals surface area contributed by atoms with Crippen molar-refractivity contribution in [3.63, 3.8) is 0 Å². The van der Waals surface area contributed by atoms with E-state index in [0.717, 1.165) is 5.56 Å². The first-order valence-corrected chi connectivity index (χ1v) is 8.00. The van der Waals surface area contributed by atoms with Crippen LogP contribution < -0.4 is 10.3 Å². The second-order valence-corrected chi connectivity index (χ2v) is 5.70. The highest BCUT2D eigenvalue weighted by Crippen LogP contribution is 2.20. The molecule has 1 N–H and O–H groups in total. The molecule has 0 saturated carbocycles. The predicted octanol–water partition coefficient (Wildman–Crippen LogP) is 2.73. The number of aromatic amines is 1. The summed E-state index contributed by atoms with van der Waals surface area (Å²) in [6.45, 7) is 0.0399. The fourth-order valence-electron chi connectivity index (χ4n) is 2.59. The minimum absolute atomic E-state index is 0.0399. The molecule has 0 aliphatic rings. The SMILES string of the molecule is O=c1[nH]c(-c2ccc(OCn3ccc([N+](=O)[O-])n3)cc2)nc2ccccc12. The molecule has 2 aromatic carbocycles. The summed E-state index contributed by atoms with van der Waals surface area (Å²) in [7, 11) is 0. The first-order chi connectivity index (χ1) is 13.1. The van der Waals surface area contributed by atoms with Crippen LogP contribution in [0, 0.1) is 10.1 Å². The van der Waals surface area contributed by atoms with Gasteiger partial charge in [-0.1, -0.05) is 12.1 Å². The van der Waals surface area contributed by atoms with Crippen LogP contribution in [0.1, 0.15) is 0 Å². The zero-order valence-electron chi connectivity index (χ0n) is 13.9. The number of aromatic nitrogens is 4. The Kier molecular flexibility index (Phi) is 4.09. The van der Waals surface area contributed by atoms with E-state index in [1.165, 1.54) is 16.9 Å². The standard InChI is InChI=1S/C18H13N5O4/c24-18-14-3-1-2-4-15(14)19-17(20-18)12-5-7-13(8-6-12)27-11-22-10-9-16(21-22)23(25)26/h1-10H,11H2,(H,19,20,24). The average Bonchev–Trinajstić information content (AvgIpc) is 3.16. The Balaban J connectivity index is 1.52. The third-order valence-corrected chi connectivity index (χ3v) is 3.92. The fraction of sp³-hybridized carbons (Fsp3) is 0.0556. The monoisotopic (exact) mass is 363 g/mol. The summed E-state index contributed by atoms with van der Waals surface area (Å²) in [5, 5.41) is 14.9. The summed E-state index contributed by atoms with van der Waals surface area (Å²) in [6.07, 6.45) is 1.47. The Morgan fingerprint density at radius 2 is 1.89 bits per heavy atom. The topological polar surface area (TPSA) is 116 Å². The van der Waals surface area contributed by atoms with E-state index in [1.807, 2.05) is 6.07 Å². The Hall–Kier alpha value is -4.01. The average molecular weight is 363 g/mol. The van der Waals surface area contributed by atoms with Crippen molar-refractivity contribution in [3.8, 4) is 17.1 Å². The van der Waals surface area contributed by atoms with Crippen molar-refractivity contribution in [2.75, 3.05) is 0 Å². The molecule has 2 aromatic heterocycles. The first-order valence-electron chi connectivity index (χ1n) is 8.00. The minimum Gasteiger partial charge on any atom is -0.469 e. The normalized spacial score (nSPS) is 10.8. The van der Waals surface area contributed by atoms with Gasteiger partial charge in [0, 0.05) is 5.56 Å². The zero-order chi connectivity index (χ0) is 18.8. The van der Waals surface area contributed by atoms with Crippen LogP contribution >= 0.6 is 0 Å². The summed E-state index contributed by atoms with van der Waals surface area (Å²) >= 11 is 0. The molecule has 0 amide bonds. The van der Waals surface area contributed by atoms with E-state index in [0.29, 0.717) is 22.5 Å². The molecule has 9 nitrogen and oxygen atoms in total. The molecule has 134 valence electrons. The van der Waals surface area contributed by atoms with Crippen molar-refractivity contribution in [2.24, 2.45) is 0 Å². The van der Waals surface area contributed by atoms with Crippen molar-refractivity contribution in [3.05, 3.63) is 81.3 Å². The predicted molar refractivity (Wildman–Crippen MR) is 97.3 cm³/mol. The van der Waals surface area contributed by atoms with Crippen LogP contribution in [0.3, 0.4) is 0 Å².